The number of nitrogens with two attached hydrogens (primary N) is 1. The molecule has 18 heavy (non-hydrogen) atoms. The monoisotopic (exact) mass is 281 g/mol. The predicted molar refractivity (Wildman–Crippen MR) is 75.3 cm³/mol. The van der Waals surface area contributed by atoms with Crippen LogP contribution in [0.4, 0.5) is 0 Å². The van der Waals surface area contributed by atoms with Gasteiger partial charge in [-0.05, 0) is 36.2 Å². The van der Waals surface area contributed by atoms with E-state index in [1.54, 1.807) is 18.9 Å². The molecule has 0 aliphatic heterocycles. The smallest absolute Gasteiger partial charge is 0.170 e. The van der Waals surface area contributed by atoms with Crippen LogP contribution in [0.15, 0.2) is 28.6 Å². The molecule has 2 N–H and O–H groups in total. The Hall–Kier alpha value is -1.11. The van der Waals surface area contributed by atoms with Gasteiger partial charge in [0.25, 0.3) is 0 Å². The Morgan fingerprint density at radius 1 is 1.50 bits per heavy atom. The van der Waals surface area contributed by atoms with Gasteiger partial charge < -0.3 is 10.5 Å². The summed E-state index contributed by atoms with van der Waals surface area (Å²) < 4.78 is 10.3. The number of aryl methyl sites for hydroxylation is 1. The van der Waals surface area contributed by atoms with E-state index >= 15 is 0 Å². The first-order valence-corrected chi connectivity index (χ1v) is 7.27. The number of nitrogens with zero attached hydrogens (tertiary/aromatic N) is 2. The number of methoxy groups -OCH3 is 1. The number of aromatic nitrogens is 2. The van der Waals surface area contributed by atoms with Crippen molar-refractivity contribution in [2.45, 2.75) is 17.3 Å². The molecule has 0 bridgehead atoms. The van der Waals surface area contributed by atoms with Gasteiger partial charge in [0.05, 0.1) is 7.11 Å². The van der Waals surface area contributed by atoms with Crippen LogP contribution in [-0.2, 0) is 0 Å². The second kappa shape index (κ2) is 6.17. The van der Waals surface area contributed by atoms with Crippen molar-refractivity contribution < 1.29 is 4.74 Å². The second-order valence-electron chi connectivity index (χ2n) is 3.80. The molecule has 0 aliphatic carbocycles. The summed E-state index contributed by atoms with van der Waals surface area (Å²) in [6.45, 7) is 1.89. The van der Waals surface area contributed by atoms with E-state index in [-0.39, 0.29) is 6.04 Å². The van der Waals surface area contributed by atoms with Crippen LogP contribution in [0.1, 0.15) is 17.4 Å². The highest BCUT2D eigenvalue weighted by molar-refractivity contribution is 8.00. The zero-order valence-electron chi connectivity index (χ0n) is 10.3. The summed E-state index contributed by atoms with van der Waals surface area (Å²) in [6, 6.07) is 7.82. The number of hydrogen-bond donors (Lipinski definition) is 1. The third kappa shape index (κ3) is 3.44. The molecule has 1 atom stereocenters. The maximum Gasteiger partial charge on any atom is 0.170 e. The first-order valence-electron chi connectivity index (χ1n) is 5.51. The van der Waals surface area contributed by atoms with Crippen molar-refractivity contribution in [3.05, 3.63) is 35.7 Å². The first kappa shape index (κ1) is 13.3. The van der Waals surface area contributed by atoms with Crippen molar-refractivity contribution >= 4 is 23.3 Å². The van der Waals surface area contributed by atoms with Crippen molar-refractivity contribution in [1.82, 2.24) is 9.36 Å². The maximum atomic E-state index is 6.15. The Labute approximate surface area is 115 Å². The molecular weight excluding hydrogens is 266 g/mol. The van der Waals surface area contributed by atoms with Gasteiger partial charge in [-0.25, -0.2) is 4.98 Å². The molecule has 2 rings (SSSR count). The molecule has 2 aromatic rings. The molecule has 0 spiro atoms. The molecule has 4 nitrogen and oxygen atoms in total. The number of thioether (sulfide) groups is 1. The van der Waals surface area contributed by atoms with E-state index in [1.165, 1.54) is 11.5 Å². The first-order chi connectivity index (χ1) is 8.69. The zero-order chi connectivity index (χ0) is 13.0. The summed E-state index contributed by atoms with van der Waals surface area (Å²) >= 11 is 3.05. The minimum Gasteiger partial charge on any atom is -0.497 e. The minimum atomic E-state index is -0.0330. The SMILES string of the molecule is COc1cccc(C(N)CSc2nc(C)ns2)c1. The molecular formula is C12H15N3OS2. The minimum absolute atomic E-state index is 0.0330. The van der Waals surface area contributed by atoms with E-state index in [4.69, 9.17) is 10.5 Å². The average Bonchev–Trinajstić information content (AvgIpc) is 2.82. The van der Waals surface area contributed by atoms with E-state index in [9.17, 15) is 0 Å². The van der Waals surface area contributed by atoms with Crippen LogP contribution in [0.3, 0.4) is 0 Å². The molecule has 0 fully saturated rings. The summed E-state index contributed by atoms with van der Waals surface area (Å²) in [5.74, 6) is 2.43. The quantitative estimate of drug-likeness (QED) is 0.854. The fourth-order valence-electron chi connectivity index (χ4n) is 1.47. The van der Waals surface area contributed by atoms with Crippen LogP contribution in [0, 0.1) is 6.92 Å². The van der Waals surface area contributed by atoms with Crippen LogP contribution >= 0.6 is 23.3 Å². The molecule has 0 saturated heterocycles. The number of hydrogen-bond acceptors (Lipinski definition) is 6. The second-order valence-corrected chi connectivity index (χ2v) is 5.82. The molecule has 0 amide bonds. The Kier molecular flexibility index (Phi) is 4.57. The van der Waals surface area contributed by atoms with Crippen LogP contribution in [-0.4, -0.2) is 22.2 Å². The van der Waals surface area contributed by atoms with Gasteiger partial charge in [-0.1, -0.05) is 23.9 Å². The largest absolute Gasteiger partial charge is 0.497 e. The molecule has 1 aromatic carbocycles. The molecule has 0 saturated carbocycles. The fraction of sp³-hybridized carbons (Fsp3) is 0.333. The summed E-state index contributed by atoms with van der Waals surface area (Å²) in [5, 5.41) is 0. The molecule has 0 aliphatic rings. The predicted octanol–water partition coefficient (Wildman–Crippen LogP) is 2.65. The lowest BCUT2D eigenvalue weighted by Crippen LogP contribution is -2.12. The van der Waals surface area contributed by atoms with E-state index in [0.29, 0.717) is 0 Å². The standard InChI is InChI=1S/C12H15N3OS2/c1-8-14-12(18-15-8)17-7-11(13)9-4-3-5-10(6-9)16-2/h3-6,11H,7,13H2,1-2H3. The Balaban J connectivity index is 1.96. The Morgan fingerprint density at radius 3 is 3.00 bits per heavy atom. The van der Waals surface area contributed by atoms with E-state index in [1.807, 2.05) is 31.2 Å². The number of benzene rings is 1. The zero-order valence-corrected chi connectivity index (χ0v) is 11.9. The van der Waals surface area contributed by atoms with Crippen LogP contribution in [0.5, 0.6) is 5.75 Å². The normalized spacial score (nSPS) is 12.4. The topological polar surface area (TPSA) is 61.0 Å². The molecule has 6 heteroatoms. The van der Waals surface area contributed by atoms with Gasteiger partial charge in [-0.15, -0.1) is 0 Å². The van der Waals surface area contributed by atoms with Crippen LogP contribution in [0.2, 0.25) is 0 Å². The van der Waals surface area contributed by atoms with Gasteiger partial charge in [0.2, 0.25) is 0 Å². The molecule has 1 unspecified atom stereocenters. The highest BCUT2D eigenvalue weighted by Crippen LogP contribution is 2.26. The fourth-order valence-corrected chi connectivity index (χ4v) is 3.13. The molecule has 1 heterocycles. The molecule has 96 valence electrons. The Morgan fingerprint density at radius 2 is 2.33 bits per heavy atom. The molecule has 1 aromatic heterocycles. The van der Waals surface area contributed by atoms with Crippen molar-refractivity contribution in [2.75, 3.05) is 12.9 Å². The Bertz CT molecular complexity index is 516. The number of ether oxygens (including phenoxy) is 1. The lowest BCUT2D eigenvalue weighted by molar-refractivity contribution is 0.414. The van der Waals surface area contributed by atoms with Gasteiger partial charge in [0, 0.05) is 11.8 Å². The van der Waals surface area contributed by atoms with Gasteiger partial charge in [-0.2, -0.15) is 4.37 Å². The van der Waals surface area contributed by atoms with E-state index < -0.39 is 0 Å². The summed E-state index contributed by atoms with van der Waals surface area (Å²) in [6.07, 6.45) is 0. The summed E-state index contributed by atoms with van der Waals surface area (Å²) in [7, 11) is 1.66. The van der Waals surface area contributed by atoms with Crippen molar-refractivity contribution in [1.29, 1.82) is 0 Å². The third-order valence-electron chi connectivity index (χ3n) is 2.42. The highest BCUT2D eigenvalue weighted by atomic mass is 32.2. The van der Waals surface area contributed by atoms with Crippen molar-refractivity contribution in [2.24, 2.45) is 5.73 Å². The van der Waals surface area contributed by atoms with Gasteiger partial charge in [0.15, 0.2) is 4.34 Å². The van der Waals surface area contributed by atoms with E-state index in [2.05, 4.69) is 9.36 Å². The van der Waals surface area contributed by atoms with Crippen LogP contribution < -0.4 is 10.5 Å². The van der Waals surface area contributed by atoms with Gasteiger partial charge in [0.1, 0.15) is 11.6 Å². The maximum absolute atomic E-state index is 6.15. The van der Waals surface area contributed by atoms with E-state index in [0.717, 1.165) is 27.2 Å². The van der Waals surface area contributed by atoms with Crippen LogP contribution in [0.25, 0.3) is 0 Å². The summed E-state index contributed by atoms with van der Waals surface area (Å²) in [4.78, 5) is 4.30. The van der Waals surface area contributed by atoms with Crippen molar-refractivity contribution in [3.8, 4) is 5.75 Å². The lowest BCUT2D eigenvalue weighted by atomic mass is 10.1. The molecule has 0 radical (unpaired) electrons. The van der Waals surface area contributed by atoms with Gasteiger partial charge >= 0.3 is 0 Å². The summed E-state index contributed by atoms with van der Waals surface area (Å²) in [5.41, 5.74) is 7.23. The van der Waals surface area contributed by atoms with Crippen molar-refractivity contribution in [3.63, 3.8) is 0 Å². The average molecular weight is 281 g/mol. The highest BCUT2D eigenvalue weighted by Gasteiger charge is 2.09. The van der Waals surface area contributed by atoms with Gasteiger partial charge in [-0.3, -0.25) is 0 Å². The lowest BCUT2D eigenvalue weighted by Gasteiger charge is -2.11. The third-order valence-corrected chi connectivity index (χ3v) is 4.46. The number of rotatable bonds is 5.